The van der Waals surface area contributed by atoms with Gasteiger partial charge in [-0.3, -0.25) is 9.69 Å². The Morgan fingerprint density at radius 3 is 2.56 bits per heavy atom. The molecule has 7 heteroatoms. The molecule has 0 radical (unpaired) electrons. The van der Waals surface area contributed by atoms with Gasteiger partial charge in [-0.15, -0.1) is 0 Å². The van der Waals surface area contributed by atoms with Gasteiger partial charge in [0.05, 0.1) is 11.3 Å². The Balaban J connectivity index is 1.99. The van der Waals surface area contributed by atoms with Crippen LogP contribution in [0, 0.1) is 5.82 Å². The molecule has 1 aromatic heterocycles. The Hall–Kier alpha value is -2.51. The molecular formula is C20H22FN3O2S. The number of hydrogen-bond acceptors (Lipinski definition) is 5. The zero-order chi connectivity index (χ0) is 19.4. The molecule has 2 aromatic carbocycles. The molecule has 142 valence electrons. The minimum absolute atomic E-state index is 0.200. The molecule has 1 heterocycles. The van der Waals surface area contributed by atoms with Crippen molar-refractivity contribution in [1.29, 1.82) is 0 Å². The minimum Gasteiger partial charge on any atom is -0.492 e. The van der Waals surface area contributed by atoms with Crippen LogP contribution in [-0.2, 0) is 0 Å². The van der Waals surface area contributed by atoms with Gasteiger partial charge in [0.25, 0.3) is 5.91 Å². The number of amides is 1. The number of benzene rings is 2. The van der Waals surface area contributed by atoms with Crippen molar-refractivity contribution in [2.45, 2.75) is 6.92 Å². The van der Waals surface area contributed by atoms with Gasteiger partial charge < -0.3 is 9.64 Å². The first-order chi connectivity index (χ1) is 13.0. The van der Waals surface area contributed by atoms with Gasteiger partial charge in [0.2, 0.25) is 0 Å². The number of fused-ring (bicyclic) bond motifs is 1. The fourth-order valence-corrected chi connectivity index (χ4v) is 3.64. The maximum Gasteiger partial charge on any atom is 0.260 e. The molecule has 0 N–H and O–H groups in total. The van der Waals surface area contributed by atoms with Gasteiger partial charge in [-0.05, 0) is 57.4 Å². The molecule has 0 saturated carbocycles. The largest absolute Gasteiger partial charge is 0.492 e. The fourth-order valence-electron chi connectivity index (χ4n) is 2.63. The van der Waals surface area contributed by atoms with E-state index in [2.05, 4.69) is 4.98 Å². The van der Waals surface area contributed by atoms with Crippen molar-refractivity contribution in [2.24, 2.45) is 0 Å². The Kier molecular flexibility index (Phi) is 6.03. The van der Waals surface area contributed by atoms with Crippen molar-refractivity contribution >= 4 is 32.6 Å². The molecule has 3 aromatic rings. The molecule has 0 aliphatic heterocycles. The summed E-state index contributed by atoms with van der Waals surface area (Å²) in [6.07, 6.45) is 0. The van der Waals surface area contributed by atoms with Crippen LogP contribution >= 0.6 is 11.3 Å². The number of carbonyl (C=O) groups is 1. The maximum atomic E-state index is 13.2. The van der Waals surface area contributed by atoms with Crippen LogP contribution in [0.4, 0.5) is 9.52 Å². The molecule has 3 rings (SSSR count). The highest BCUT2D eigenvalue weighted by molar-refractivity contribution is 7.22. The van der Waals surface area contributed by atoms with Gasteiger partial charge in [0, 0.05) is 18.7 Å². The number of nitrogens with zero attached hydrogens (tertiary/aromatic N) is 3. The van der Waals surface area contributed by atoms with E-state index in [-0.39, 0.29) is 11.7 Å². The third-order valence-electron chi connectivity index (χ3n) is 4.01. The topological polar surface area (TPSA) is 45.7 Å². The third-order valence-corrected chi connectivity index (χ3v) is 5.05. The number of likely N-dealkylation sites (N-methyl/N-ethyl adjacent to an activating group) is 1. The smallest absolute Gasteiger partial charge is 0.260 e. The summed E-state index contributed by atoms with van der Waals surface area (Å²) >= 11 is 1.44. The van der Waals surface area contributed by atoms with Crippen molar-refractivity contribution < 1.29 is 13.9 Å². The molecular weight excluding hydrogens is 365 g/mol. The van der Waals surface area contributed by atoms with Gasteiger partial charge >= 0.3 is 0 Å². The summed E-state index contributed by atoms with van der Waals surface area (Å²) in [6, 6.07) is 11.3. The fraction of sp³-hybridized carbons (Fsp3) is 0.300. The summed E-state index contributed by atoms with van der Waals surface area (Å²) < 4.78 is 19.8. The number of hydrogen-bond donors (Lipinski definition) is 0. The Morgan fingerprint density at radius 2 is 1.89 bits per heavy atom. The number of rotatable bonds is 7. The molecule has 27 heavy (non-hydrogen) atoms. The van der Waals surface area contributed by atoms with E-state index in [0.717, 1.165) is 10.2 Å². The highest BCUT2D eigenvalue weighted by Gasteiger charge is 2.22. The van der Waals surface area contributed by atoms with Crippen molar-refractivity contribution in [3.05, 3.63) is 53.8 Å². The van der Waals surface area contributed by atoms with E-state index in [4.69, 9.17) is 4.74 Å². The lowest BCUT2D eigenvalue weighted by molar-refractivity contribution is 0.0985. The zero-order valence-electron chi connectivity index (χ0n) is 15.6. The summed E-state index contributed by atoms with van der Waals surface area (Å²) in [7, 11) is 3.90. The van der Waals surface area contributed by atoms with Crippen molar-refractivity contribution in [3.63, 3.8) is 0 Å². The standard InChI is InChI=1S/C20H22FN3O2S/c1-4-26-16-6-5-7-17-18(16)22-20(27-17)24(13-12-23(2)3)19(25)14-8-10-15(21)11-9-14/h5-11H,4,12-13H2,1-3H3. The summed E-state index contributed by atoms with van der Waals surface area (Å²) in [5, 5.41) is 0.605. The highest BCUT2D eigenvalue weighted by Crippen LogP contribution is 2.34. The number of thiazole rings is 1. The molecule has 1 amide bonds. The van der Waals surface area contributed by atoms with Crippen LogP contribution in [-0.4, -0.2) is 49.6 Å². The normalized spacial score (nSPS) is 11.1. The second-order valence-corrected chi connectivity index (χ2v) is 7.31. The van der Waals surface area contributed by atoms with Crippen LogP contribution in [0.5, 0.6) is 5.75 Å². The summed E-state index contributed by atoms with van der Waals surface area (Å²) in [4.78, 5) is 21.4. The Morgan fingerprint density at radius 1 is 1.15 bits per heavy atom. The van der Waals surface area contributed by atoms with Gasteiger partial charge in [0.1, 0.15) is 17.1 Å². The monoisotopic (exact) mass is 387 g/mol. The molecule has 0 aliphatic carbocycles. The highest BCUT2D eigenvalue weighted by atomic mass is 32.1. The SMILES string of the molecule is CCOc1cccc2sc(N(CCN(C)C)C(=O)c3ccc(F)cc3)nc12. The van der Waals surface area contributed by atoms with E-state index >= 15 is 0 Å². The van der Waals surface area contributed by atoms with E-state index in [1.807, 2.05) is 44.1 Å². The predicted molar refractivity (Wildman–Crippen MR) is 107 cm³/mol. The number of carbonyl (C=O) groups excluding carboxylic acids is 1. The third kappa shape index (κ3) is 4.43. The summed E-state index contributed by atoms with van der Waals surface area (Å²) in [5.41, 5.74) is 1.18. The van der Waals surface area contributed by atoms with E-state index in [9.17, 15) is 9.18 Å². The average Bonchev–Trinajstić information content (AvgIpc) is 3.07. The zero-order valence-corrected chi connectivity index (χ0v) is 16.4. The minimum atomic E-state index is -0.368. The van der Waals surface area contributed by atoms with Gasteiger partial charge in [-0.25, -0.2) is 9.37 Å². The molecule has 0 fully saturated rings. The van der Waals surface area contributed by atoms with Crippen molar-refractivity contribution in [1.82, 2.24) is 9.88 Å². The predicted octanol–water partition coefficient (Wildman–Crippen LogP) is 4.04. The lowest BCUT2D eigenvalue weighted by Gasteiger charge is -2.22. The number of anilines is 1. The van der Waals surface area contributed by atoms with Crippen LogP contribution in [0.1, 0.15) is 17.3 Å². The van der Waals surface area contributed by atoms with Crippen molar-refractivity contribution in [2.75, 3.05) is 38.7 Å². The van der Waals surface area contributed by atoms with Crippen LogP contribution < -0.4 is 9.64 Å². The molecule has 0 aliphatic rings. The van der Waals surface area contributed by atoms with Crippen LogP contribution in [0.25, 0.3) is 10.2 Å². The molecule has 5 nitrogen and oxygen atoms in total. The van der Waals surface area contributed by atoms with Gasteiger partial charge in [0.15, 0.2) is 5.13 Å². The number of para-hydroxylation sites is 1. The summed E-state index contributed by atoms with van der Waals surface area (Å²) in [5.74, 6) is 0.140. The molecule has 0 saturated heterocycles. The molecule has 0 atom stereocenters. The maximum absolute atomic E-state index is 13.2. The van der Waals surface area contributed by atoms with E-state index < -0.39 is 0 Å². The summed E-state index contributed by atoms with van der Waals surface area (Å²) in [6.45, 7) is 3.63. The van der Waals surface area contributed by atoms with E-state index in [1.165, 1.54) is 35.6 Å². The number of ether oxygens (including phenoxy) is 1. The second-order valence-electron chi connectivity index (χ2n) is 6.30. The van der Waals surface area contributed by atoms with Crippen LogP contribution in [0.3, 0.4) is 0 Å². The molecule has 0 unspecified atom stereocenters. The van der Waals surface area contributed by atoms with Gasteiger partial charge in [-0.2, -0.15) is 0 Å². The first-order valence-electron chi connectivity index (χ1n) is 8.74. The molecule has 0 bridgehead atoms. The first-order valence-corrected chi connectivity index (χ1v) is 9.55. The lowest BCUT2D eigenvalue weighted by Crippen LogP contribution is -2.36. The Bertz CT molecular complexity index is 925. The van der Waals surface area contributed by atoms with Crippen molar-refractivity contribution in [3.8, 4) is 5.75 Å². The van der Waals surface area contributed by atoms with Gasteiger partial charge in [-0.1, -0.05) is 17.4 Å². The first kappa shape index (κ1) is 19.3. The second kappa shape index (κ2) is 8.45. The van der Waals surface area contributed by atoms with E-state index in [0.29, 0.717) is 36.1 Å². The number of aromatic nitrogens is 1. The quantitative estimate of drug-likeness (QED) is 0.614. The number of halogens is 1. The molecule has 0 spiro atoms. The Labute approximate surface area is 162 Å². The van der Waals surface area contributed by atoms with E-state index in [1.54, 1.807) is 4.90 Å². The lowest BCUT2D eigenvalue weighted by atomic mass is 10.2. The average molecular weight is 387 g/mol. The van der Waals surface area contributed by atoms with Crippen LogP contribution in [0.2, 0.25) is 0 Å². The van der Waals surface area contributed by atoms with Crippen LogP contribution in [0.15, 0.2) is 42.5 Å².